The third kappa shape index (κ3) is 10.2. The summed E-state index contributed by atoms with van der Waals surface area (Å²) in [5.41, 5.74) is 7.86. The van der Waals surface area contributed by atoms with E-state index < -0.39 is 17.9 Å². The predicted octanol–water partition coefficient (Wildman–Crippen LogP) is 10.9. The molecular weight excluding hydrogens is 859 g/mol. The molecule has 10 aromatic rings. The van der Waals surface area contributed by atoms with Crippen molar-refractivity contribution >= 4 is 68.5 Å². The number of carboxylic acids is 3. The van der Waals surface area contributed by atoms with Crippen molar-refractivity contribution in [1.82, 2.24) is 24.7 Å². The zero-order valence-electron chi connectivity index (χ0n) is 33.8. The first-order chi connectivity index (χ1) is 31.5. The molecule has 0 unspecified atom stereocenters. The van der Waals surface area contributed by atoms with E-state index in [1.165, 1.54) is 48.5 Å². The minimum Gasteiger partial charge on any atom is -0.478 e. The molecule has 4 aromatic heterocycles. The molecule has 0 aliphatic carbocycles. The molecule has 0 spiro atoms. The summed E-state index contributed by atoms with van der Waals surface area (Å²) in [6, 6.07) is 36.6. The topological polar surface area (TPSA) is 220 Å². The molecule has 4 N–H and O–H groups in total. The number of halogens is 2. The van der Waals surface area contributed by atoms with Gasteiger partial charge in [-0.1, -0.05) is 0 Å². The molecule has 17 heteroatoms. The van der Waals surface area contributed by atoms with E-state index in [4.69, 9.17) is 40.2 Å². The van der Waals surface area contributed by atoms with Crippen LogP contribution < -0.4 is 5.32 Å². The maximum absolute atomic E-state index is 12.8. The van der Waals surface area contributed by atoms with Gasteiger partial charge < -0.3 is 33.9 Å². The van der Waals surface area contributed by atoms with Crippen molar-refractivity contribution in [3.05, 3.63) is 168 Å². The monoisotopic (exact) mass is 892 g/mol. The van der Waals surface area contributed by atoms with Crippen LogP contribution in [0.3, 0.4) is 0 Å². The number of benzene rings is 6. The second-order valence-corrected chi connectivity index (χ2v) is 14.4. The van der Waals surface area contributed by atoms with Crippen LogP contribution in [-0.2, 0) is 0 Å². The molecule has 10 rings (SSSR count). The second kappa shape index (κ2) is 19.2. The van der Waals surface area contributed by atoms with Gasteiger partial charge in [0.2, 0.25) is 17.7 Å². The largest absolute Gasteiger partial charge is 0.478 e. The number of aromatic nitrogens is 5. The van der Waals surface area contributed by atoms with E-state index in [0.29, 0.717) is 62.4 Å². The van der Waals surface area contributed by atoms with Gasteiger partial charge in [-0.15, -0.1) is 11.6 Å². The Morgan fingerprint density at radius 2 is 1.00 bits per heavy atom. The van der Waals surface area contributed by atoms with Crippen LogP contribution in [0.1, 0.15) is 37.5 Å². The first-order valence-corrected chi connectivity index (χ1v) is 20.2. The highest BCUT2D eigenvalue weighted by Crippen LogP contribution is 2.28. The summed E-state index contributed by atoms with van der Waals surface area (Å²) >= 11 is 5.64. The Hall–Kier alpha value is -8.63. The van der Waals surface area contributed by atoms with Gasteiger partial charge in [0.25, 0.3) is 0 Å². The van der Waals surface area contributed by atoms with Gasteiger partial charge in [-0.25, -0.2) is 38.4 Å². The van der Waals surface area contributed by atoms with Crippen molar-refractivity contribution in [2.45, 2.75) is 6.42 Å². The lowest BCUT2D eigenvalue weighted by molar-refractivity contribution is 0.0686. The summed E-state index contributed by atoms with van der Waals surface area (Å²) in [5, 5.41) is 34.4. The number of hydrogen-bond acceptors (Lipinski definition) is 11. The lowest BCUT2D eigenvalue weighted by Crippen LogP contribution is -2.01. The van der Waals surface area contributed by atoms with Crippen molar-refractivity contribution in [3.63, 3.8) is 0 Å². The number of nitrogens with one attached hydrogen (secondary N) is 1. The first-order valence-electron chi connectivity index (χ1n) is 19.7. The molecule has 0 fully saturated rings. The fourth-order valence-corrected chi connectivity index (χ4v) is 6.49. The van der Waals surface area contributed by atoms with Gasteiger partial charge >= 0.3 is 17.9 Å². The Bertz CT molecular complexity index is 3270. The third-order valence-electron chi connectivity index (χ3n) is 9.65. The van der Waals surface area contributed by atoms with Crippen molar-refractivity contribution in [3.8, 4) is 40.0 Å². The van der Waals surface area contributed by atoms with Gasteiger partial charge in [0.05, 0.1) is 22.4 Å². The van der Waals surface area contributed by atoms with E-state index >= 15 is 0 Å². The fourth-order valence-electron chi connectivity index (χ4n) is 6.35. The quantitative estimate of drug-likeness (QED) is 0.0701. The Balaban J connectivity index is 0.000000134. The average molecular weight is 893 g/mol. The highest BCUT2D eigenvalue weighted by Gasteiger charge is 2.14. The molecule has 0 radical (unpaired) electrons. The van der Waals surface area contributed by atoms with Crippen molar-refractivity contribution in [2.24, 2.45) is 0 Å². The number of anilines is 1. The number of aromatic carboxylic acids is 3. The molecule has 0 amide bonds. The van der Waals surface area contributed by atoms with Crippen molar-refractivity contribution < 1.29 is 47.3 Å². The van der Waals surface area contributed by atoms with Gasteiger partial charge in [0, 0.05) is 47.2 Å². The summed E-state index contributed by atoms with van der Waals surface area (Å²) in [6.45, 7) is 0.823. The van der Waals surface area contributed by atoms with E-state index in [2.05, 4.69) is 25.4 Å². The highest BCUT2D eigenvalue weighted by molar-refractivity contribution is 6.17. The average Bonchev–Trinajstić information content (AvgIpc) is 4.16. The minimum atomic E-state index is -1.02. The normalized spacial score (nSPS) is 10.9. The molecular formula is C48H34ClFN6O9. The van der Waals surface area contributed by atoms with Crippen LogP contribution in [0.15, 0.2) is 159 Å². The molecule has 324 valence electrons. The van der Waals surface area contributed by atoms with Crippen LogP contribution in [0.4, 0.5) is 10.1 Å². The third-order valence-corrected chi connectivity index (χ3v) is 9.92. The molecule has 0 aliphatic rings. The van der Waals surface area contributed by atoms with Crippen molar-refractivity contribution in [2.75, 3.05) is 17.7 Å². The molecule has 65 heavy (non-hydrogen) atoms. The van der Waals surface area contributed by atoms with E-state index in [0.717, 1.165) is 35.5 Å². The zero-order valence-corrected chi connectivity index (χ0v) is 34.5. The molecule has 15 nitrogen and oxygen atoms in total. The van der Waals surface area contributed by atoms with Gasteiger partial charge in [-0.2, -0.15) is 5.10 Å². The van der Waals surface area contributed by atoms with Crippen LogP contribution in [0.25, 0.3) is 73.3 Å². The lowest BCUT2D eigenvalue weighted by Gasteiger charge is -2.05. The summed E-state index contributed by atoms with van der Waals surface area (Å²) in [7, 11) is 0. The summed E-state index contributed by atoms with van der Waals surface area (Å²) in [5.74, 6) is -1.45. The van der Waals surface area contributed by atoms with Crippen LogP contribution in [0.2, 0.25) is 0 Å². The molecule has 0 saturated heterocycles. The number of carbonyl (C=O) groups is 3. The van der Waals surface area contributed by atoms with Gasteiger partial charge in [-0.05, 0) is 140 Å². The predicted molar refractivity (Wildman–Crippen MR) is 240 cm³/mol. The number of carboxylic acid groups (broad SMARTS) is 3. The summed E-state index contributed by atoms with van der Waals surface area (Å²) in [4.78, 5) is 45.8. The van der Waals surface area contributed by atoms with Crippen LogP contribution in [-0.4, -0.2) is 70.4 Å². The minimum absolute atomic E-state index is 0.145. The standard InChI is InChI=1S/C17H15ClN2O3.C17H11N3O3.C14H8FNO3/c18-8-1-9-19-13-5-2-11(3-6-13)16-20-14-10-12(17(21)22)4-7-15(14)23-16;21-17(22)12-4-7-15-14(10-12)19-16(23-15)11-2-5-13(6-3-11)20-9-1-8-18-20;15-10-4-1-8(2-5-10)13-16-11-7-9(14(17)18)3-6-12(11)19-13/h2-7,10,19H,1,8-9H2,(H,21,22);1-10H,(H,21,22);1-7H,(H,17,18). The molecule has 0 atom stereocenters. The van der Waals surface area contributed by atoms with Crippen LogP contribution in [0.5, 0.6) is 0 Å². The Kier molecular flexibility index (Phi) is 12.7. The summed E-state index contributed by atoms with van der Waals surface area (Å²) < 4.78 is 31.5. The first kappa shape index (κ1) is 43.0. The second-order valence-electron chi connectivity index (χ2n) is 14.1. The van der Waals surface area contributed by atoms with E-state index in [1.807, 2.05) is 60.8 Å². The number of fused-ring (bicyclic) bond motifs is 3. The Morgan fingerprint density at radius 1 is 0.585 bits per heavy atom. The molecule has 4 heterocycles. The number of rotatable bonds is 11. The number of hydrogen-bond donors (Lipinski definition) is 4. The zero-order chi connectivity index (χ0) is 45.5. The van der Waals surface area contributed by atoms with Crippen LogP contribution >= 0.6 is 11.6 Å². The molecule has 6 aromatic carbocycles. The molecule has 0 aliphatic heterocycles. The van der Waals surface area contributed by atoms with Crippen molar-refractivity contribution in [1.29, 1.82) is 0 Å². The SMILES string of the molecule is O=C(O)c1ccc2oc(-c3ccc(-n4cccn4)cc3)nc2c1.O=C(O)c1ccc2oc(-c3ccc(F)cc3)nc2c1.O=C(O)c1ccc2oc(-c3ccc(NCCCCl)cc3)nc2c1. The maximum Gasteiger partial charge on any atom is 0.335 e. The van der Waals surface area contributed by atoms with E-state index in [-0.39, 0.29) is 22.5 Å². The van der Waals surface area contributed by atoms with Gasteiger partial charge in [0.1, 0.15) is 22.4 Å². The fraction of sp³-hybridized carbons (Fsp3) is 0.0625. The maximum atomic E-state index is 12.8. The van der Waals surface area contributed by atoms with Gasteiger partial charge in [-0.3, -0.25) is 0 Å². The Labute approximate surface area is 372 Å². The van der Waals surface area contributed by atoms with Crippen LogP contribution in [0, 0.1) is 5.82 Å². The number of nitrogens with zero attached hydrogens (tertiary/aromatic N) is 5. The number of oxazole rings is 3. The lowest BCUT2D eigenvalue weighted by atomic mass is 10.2. The van der Waals surface area contributed by atoms with E-state index in [1.54, 1.807) is 41.2 Å². The summed E-state index contributed by atoms with van der Waals surface area (Å²) in [6.07, 6.45) is 4.48. The van der Waals surface area contributed by atoms with E-state index in [9.17, 15) is 18.8 Å². The van der Waals surface area contributed by atoms with Gasteiger partial charge in [0.15, 0.2) is 16.7 Å². The highest BCUT2D eigenvalue weighted by atomic mass is 35.5. The molecule has 0 bridgehead atoms. The molecule has 0 saturated carbocycles. The Morgan fingerprint density at radius 3 is 1.38 bits per heavy atom. The number of alkyl halides is 1. The smallest absolute Gasteiger partial charge is 0.335 e.